The molecule has 0 saturated carbocycles. The van der Waals surface area contributed by atoms with E-state index in [1.807, 2.05) is 11.8 Å². The van der Waals surface area contributed by atoms with Crippen molar-refractivity contribution in [1.82, 2.24) is 24.9 Å². The van der Waals surface area contributed by atoms with Gasteiger partial charge >= 0.3 is 6.03 Å². The predicted octanol–water partition coefficient (Wildman–Crippen LogP) is 1.17. The van der Waals surface area contributed by atoms with Gasteiger partial charge in [-0.15, -0.1) is 0 Å². The zero-order valence-electron chi connectivity index (χ0n) is 19.5. The number of nitrogens with zero attached hydrogens (tertiary/aromatic N) is 4. The first kappa shape index (κ1) is 23.0. The quantitative estimate of drug-likeness (QED) is 0.653. The van der Waals surface area contributed by atoms with E-state index >= 15 is 0 Å². The maximum Gasteiger partial charge on any atom is 0.325 e. The molecule has 0 bridgehead atoms. The van der Waals surface area contributed by atoms with Crippen LogP contribution in [0.4, 0.5) is 4.79 Å². The Balaban J connectivity index is 1.38. The zero-order chi connectivity index (χ0) is 22.9. The van der Waals surface area contributed by atoms with Crippen LogP contribution < -0.4 is 5.32 Å². The summed E-state index contributed by atoms with van der Waals surface area (Å²) in [5.41, 5.74) is -0.906. The second-order valence-corrected chi connectivity index (χ2v) is 9.87. The first-order valence-electron chi connectivity index (χ1n) is 12.3. The molecule has 178 valence electrons. The highest BCUT2D eigenvalue weighted by Gasteiger charge is 2.54. The molecule has 0 aromatic rings. The smallest absolute Gasteiger partial charge is 0.325 e. The standard InChI is InChI=1S/C23H37N5O4/c1-3-19(29)25-13-9-23(10-14-25)21(31)28(22(32)24-23)18-8-6-12-27(15-18)20(30)16-26-11-5-4-7-17(26)2/h17-18H,3-16H2,1-2H3,(H,24,32)/t17-,18+/m0/s1. The Labute approximate surface area is 190 Å². The van der Waals surface area contributed by atoms with Crippen molar-refractivity contribution in [3.63, 3.8) is 0 Å². The minimum absolute atomic E-state index is 0.0814. The molecule has 5 amide bonds. The molecule has 0 radical (unpaired) electrons. The van der Waals surface area contributed by atoms with E-state index in [2.05, 4.69) is 17.1 Å². The van der Waals surface area contributed by atoms with E-state index in [1.54, 1.807) is 4.90 Å². The van der Waals surface area contributed by atoms with Gasteiger partial charge in [0.1, 0.15) is 5.54 Å². The molecule has 1 spiro atoms. The number of hydrogen-bond acceptors (Lipinski definition) is 5. The van der Waals surface area contributed by atoms with Gasteiger partial charge in [0.15, 0.2) is 0 Å². The lowest BCUT2D eigenvalue weighted by atomic mass is 9.87. The maximum absolute atomic E-state index is 13.4. The molecule has 4 heterocycles. The van der Waals surface area contributed by atoms with E-state index in [1.165, 1.54) is 11.3 Å². The summed E-state index contributed by atoms with van der Waals surface area (Å²) < 4.78 is 0. The van der Waals surface area contributed by atoms with Crippen molar-refractivity contribution in [3.8, 4) is 0 Å². The van der Waals surface area contributed by atoms with Crippen LogP contribution in [0.25, 0.3) is 0 Å². The number of piperidine rings is 3. The molecular formula is C23H37N5O4. The third-order valence-electron chi connectivity index (χ3n) is 7.86. The maximum atomic E-state index is 13.4. The molecule has 32 heavy (non-hydrogen) atoms. The molecular weight excluding hydrogens is 410 g/mol. The Hall–Kier alpha value is -2.16. The number of imide groups is 1. The highest BCUT2D eigenvalue weighted by Crippen LogP contribution is 2.32. The Kier molecular flexibility index (Phi) is 6.74. The number of carbonyl (C=O) groups excluding carboxylic acids is 4. The van der Waals surface area contributed by atoms with Gasteiger partial charge in [-0.25, -0.2) is 4.79 Å². The van der Waals surface area contributed by atoms with Crippen LogP contribution in [-0.4, -0.2) is 100 Å². The van der Waals surface area contributed by atoms with Gasteiger partial charge in [0, 0.05) is 38.6 Å². The lowest BCUT2D eigenvalue weighted by molar-refractivity contribution is -0.141. The molecule has 2 atom stereocenters. The van der Waals surface area contributed by atoms with E-state index in [4.69, 9.17) is 0 Å². The Morgan fingerprint density at radius 2 is 1.72 bits per heavy atom. The van der Waals surface area contributed by atoms with E-state index in [9.17, 15) is 19.2 Å². The number of rotatable bonds is 4. The normalized spacial score (nSPS) is 28.9. The topological polar surface area (TPSA) is 93.3 Å². The van der Waals surface area contributed by atoms with Crippen molar-refractivity contribution in [2.45, 2.75) is 82.8 Å². The third-order valence-corrected chi connectivity index (χ3v) is 7.86. The van der Waals surface area contributed by atoms with Gasteiger partial charge in [0.25, 0.3) is 5.91 Å². The Morgan fingerprint density at radius 3 is 2.41 bits per heavy atom. The molecule has 4 aliphatic rings. The van der Waals surface area contributed by atoms with Gasteiger partial charge < -0.3 is 15.1 Å². The van der Waals surface area contributed by atoms with Crippen molar-refractivity contribution < 1.29 is 19.2 Å². The zero-order valence-corrected chi connectivity index (χ0v) is 19.5. The van der Waals surface area contributed by atoms with Crippen LogP contribution in [0, 0.1) is 0 Å². The second-order valence-electron chi connectivity index (χ2n) is 9.87. The largest absolute Gasteiger partial charge is 0.343 e. The Morgan fingerprint density at radius 1 is 0.969 bits per heavy atom. The molecule has 0 aromatic carbocycles. The summed E-state index contributed by atoms with van der Waals surface area (Å²) in [4.78, 5) is 58.5. The average Bonchev–Trinajstić information content (AvgIpc) is 3.04. The van der Waals surface area contributed by atoms with Crippen LogP contribution in [0.3, 0.4) is 0 Å². The van der Waals surface area contributed by atoms with Crippen molar-refractivity contribution in [1.29, 1.82) is 0 Å². The highest BCUT2D eigenvalue weighted by molar-refractivity contribution is 6.07. The van der Waals surface area contributed by atoms with Crippen molar-refractivity contribution in [2.24, 2.45) is 0 Å². The number of nitrogens with one attached hydrogen (secondary N) is 1. The van der Waals surface area contributed by atoms with E-state index in [0.717, 1.165) is 32.2 Å². The van der Waals surface area contributed by atoms with E-state index in [-0.39, 0.29) is 29.8 Å². The molecule has 1 N–H and O–H groups in total. The Bertz CT molecular complexity index is 763. The molecule has 0 unspecified atom stereocenters. The third kappa shape index (κ3) is 4.36. The number of urea groups is 1. The lowest BCUT2D eigenvalue weighted by Crippen LogP contribution is -2.57. The van der Waals surface area contributed by atoms with Gasteiger partial charge in [-0.3, -0.25) is 24.2 Å². The fourth-order valence-corrected chi connectivity index (χ4v) is 5.73. The van der Waals surface area contributed by atoms with Gasteiger partial charge in [0.05, 0.1) is 12.6 Å². The fourth-order valence-electron chi connectivity index (χ4n) is 5.73. The van der Waals surface area contributed by atoms with E-state index < -0.39 is 5.54 Å². The SMILES string of the molecule is CCC(=O)N1CCC2(CC1)NC(=O)N([C@@H]1CCCN(C(=O)CN3CCCC[C@@H]3C)C1)C2=O. The lowest BCUT2D eigenvalue weighted by Gasteiger charge is -2.40. The van der Waals surface area contributed by atoms with E-state index in [0.29, 0.717) is 58.0 Å². The van der Waals surface area contributed by atoms with Gasteiger partial charge in [-0.2, -0.15) is 0 Å². The summed E-state index contributed by atoms with van der Waals surface area (Å²) in [6.45, 7) is 7.44. The van der Waals surface area contributed by atoms with Crippen LogP contribution >= 0.6 is 0 Å². The highest BCUT2D eigenvalue weighted by atomic mass is 16.2. The van der Waals surface area contributed by atoms with Crippen LogP contribution in [0.2, 0.25) is 0 Å². The minimum atomic E-state index is -0.906. The molecule has 9 heteroatoms. The molecule has 0 aliphatic carbocycles. The number of hydrogen-bond donors (Lipinski definition) is 1. The fraction of sp³-hybridized carbons (Fsp3) is 0.826. The monoisotopic (exact) mass is 447 g/mol. The number of amides is 5. The average molecular weight is 448 g/mol. The summed E-state index contributed by atoms with van der Waals surface area (Å²) >= 11 is 0. The van der Waals surface area contributed by atoms with Crippen LogP contribution in [0.15, 0.2) is 0 Å². The summed E-state index contributed by atoms with van der Waals surface area (Å²) in [6.07, 6.45) is 6.32. The van der Waals surface area contributed by atoms with Gasteiger partial charge in [0.2, 0.25) is 11.8 Å². The van der Waals surface area contributed by atoms with Crippen molar-refractivity contribution in [3.05, 3.63) is 0 Å². The van der Waals surface area contributed by atoms with Crippen LogP contribution in [0.5, 0.6) is 0 Å². The van der Waals surface area contributed by atoms with Crippen LogP contribution in [0.1, 0.15) is 65.2 Å². The molecule has 4 saturated heterocycles. The molecule has 9 nitrogen and oxygen atoms in total. The van der Waals surface area contributed by atoms with Gasteiger partial charge in [-0.1, -0.05) is 13.3 Å². The molecule has 4 aliphatic heterocycles. The molecule has 0 aromatic heterocycles. The van der Waals surface area contributed by atoms with Crippen LogP contribution in [-0.2, 0) is 14.4 Å². The second kappa shape index (κ2) is 9.37. The predicted molar refractivity (Wildman–Crippen MR) is 119 cm³/mol. The number of likely N-dealkylation sites (tertiary alicyclic amines) is 3. The van der Waals surface area contributed by atoms with Crippen molar-refractivity contribution >= 4 is 23.8 Å². The minimum Gasteiger partial charge on any atom is -0.343 e. The molecule has 4 rings (SSSR count). The first-order valence-corrected chi connectivity index (χ1v) is 12.3. The number of carbonyl (C=O) groups is 4. The van der Waals surface area contributed by atoms with Crippen molar-refractivity contribution in [2.75, 3.05) is 39.3 Å². The molecule has 4 fully saturated rings. The summed E-state index contributed by atoms with van der Waals surface area (Å²) in [5.74, 6) is -0.00964. The summed E-state index contributed by atoms with van der Waals surface area (Å²) in [7, 11) is 0. The summed E-state index contributed by atoms with van der Waals surface area (Å²) in [6, 6.07) is -0.215. The van der Waals surface area contributed by atoms with Gasteiger partial charge in [-0.05, 0) is 52.0 Å². The first-order chi connectivity index (χ1) is 15.3. The summed E-state index contributed by atoms with van der Waals surface area (Å²) in [5, 5.41) is 2.95.